The molecule has 0 atom stereocenters. The van der Waals surface area contributed by atoms with Crippen molar-refractivity contribution in [3.8, 4) is 5.75 Å². The van der Waals surface area contributed by atoms with E-state index in [1.165, 1.54) is 0 Å². The molecule has 0 aliphatic rings. The fourth-order valence-electron chi connectivity index (χ4n) is 4.17. The molecule has 156 valence electrons. The number of rotatable bonds is 6. The van der Waals surface area contributed by atoms with Gasteiger partial charge in [-0.25, -0.2) is 0 Å². The molecule has 1 N–H and O–H groups in total. The van der Waals surface area contributed by atoms with E-state index in [1.54, 1.807) is 16.9 Å². The van der Waals surface area contributed by atoms with Gasteiger partial charge in [0.25, 0.3) is 0 Å². The van der Waals surface area contributed by atoms with Crippen LogP contribution in [-0.2, 0) is 12.0 Å². The van der Waals surface area contributed by atoms with Crippen molar-refractivity contribution in [2.75, 3.05) is 0 Å². The summed E-state index contributed by atoms with van der Waals surface area (Å²) in [4.78, 5) is 1.70. The monoisotopic (exact) mass is 418 g/mol. The highest BCUT2D eigenvalue weighted by atomic mass is 16.3. The van der Waals surface area contributed by atoms with E-state index < -0.39 is 5.54 Å². The second kappa shape index (κ2) is 8.47. The largest absolute Gasteiger partial charge is 0.508 e. The smallest absolute Gasteiger partial charge is 0.179 e. The molecule has 0 bridgehead atoms. The number of hydrogen-bond donors (Lipinski definition) is 1. The van der Waals surface area contributed by atoms with Gasteiger partial charge in [0.05, 0.1) is 0 Å². The van der Waals surface area contributed by atoms with Gasteiger partial charge >= 0.3 is 0 Å². The summed E-state index contributed by atoms with van der Waals surface area (Å²) in [5.74, 6) is 0.767. The first kappa shape index (κ1) is 19.7. The van der Waals surface area contributed by atoms with Gasteiger partial charge in [-0.05, 0) is 28.0 Å². The number of benzene rings is 4. The minimum absolute atomic E-state index is 0.226. The van der Waals surface area contributed by atoms with Gasteiger partial charge in [0, 0.05) is 12.0 Å². The van der Waals surface area contributed by atoms with Crippen LogP contribution in [0.25, 0.3) is 0 Å². The molecule has 4 aromatic carbocycles. The average molecular weight is 419 g/mol. The van der Waals surface area contributed by atoms with Gasteiger partial charge in [0.1, 0.15) is 5.75 Å². The van der Waals surface area contributed by atoms with Crippen LogP contribution < -0.4 is 0 Å². The van der Waals surface area contributed by atoms with Crippen LogP contribution in [0.15, 0.2) is 115 Å². The van der Waals surface area contributed by atoms with Gasteiger partial charge in [0.2, 0.25) is 0 Å². The number of hydrogen-bond acceptors (Lipinski definition) is 4. The Bertz CT molecular complexity index is 1200. The van der Waals surface area contributed by atoms with Gasteiger partial charge in [-0.1, -0.05) is 109 Å². The minimum Gasteiger partial charge on any atom is -0.508 e. The van der Waals surface area contributed by atoms with Crippen molar-refractivity contribution >= 4 is 0 Å². The summed E-state index contributed by atoms with van der Waals surface area (Å²) in [6.07, 6.45) is 0.390. The Balaban J connectivity index is 1.73. The van der Waals surface area contributed by atoms with Crippen molar-refractivity contribution in [3.63, 3.8) is 0 Å². The molecule has 0 aliphatic heterocycles. The number of aromatic nitrogens is 4. The molecule has 0 fully saturated rings. The fraction of sp³-hybridized carbons (Fsp3) is 0.0741. The molecule has 5 nitrogen and oxygen atoms in total. The summed E-state index contributed by atoms with van der Waals surface area (Å²) in [6, 6.07) is 37.9. The predicted molar refractivity (Wildman–Crippen MR) is 123 cm³/mol. The van der Waals surface area contributed by atoms with E-state index in [2.05, 4.69) is 46.7 Å². The van der Waals surface area contributed by atoms with Crippen LogP contribution in [0.3, 0.4) is 0 Å². The minimum atomic E-state index is -0.798. The lowest BCUT2D eigenvalue weighted by Crippen LogP contribution is -2.39. The van der Waals surface area contributed by atoms with E-state index in [0.29, 0.717) is 12.2 Å². The van der Waals surface area contributed by atoms with Gasteiger partial charge in [-0.15, -0.1) is 15.0 Å². The first-order chi connectivity index (χ1) is 15.8. The van der Waals surface area contributed by atoms with Crippen LogP contribution >= 0.6 is 0 Å². The molecule has 1 heterocycles. The zero-order valence-corrected chi connectivity index (χ0v) is 17.4. The van der Waals surface area contributed by atoms with Crippen molar-refractivity contribution < 1.29 is 5.11 Å². The summed E-state index contributed by atoms with van der Waals surface area (Å²) in [7, 11) is 0. The van der Waals surface area contributed by atoms with Gasteiger partial charge < -0.3 is 5.11 Å². The number of phenolic OH excluding ortho intramolecular Hbond substituents is 1. The maximum Gasteiger partial charge on any atom is 0.179 e. The molecule has 0 saturated carbocycles. The molecule has 0 unspecified atom stereocenters. The molecule has 5 rings (SSSR count). The number of nitrogens with zero attached hydrogens (tertiary/aromatic N) is 4. The molecular formula is C27H22N4O. The summed E-state index contributed by atoms with van der Waals surface area (Å²) in [5, 5.41) is 23.9. The third-order valence-corrected chi connectivity index (χ3v) is 5.67. The van der Waals surface area contributed by atoms with Gasteiger partial charge in [-0.2, -0.15) is 0 Å². The SMILES string of the molecule is Oc1ccccc1Cc1nnn(C(c2ccccc2)(c2ccccc2)c2ccccc2)n1. The van der Waals surface area contributed by atoms with E-state index in [0.717, 1.165) is 22.3 Å². The van der Waals surface area contributed by atoms with Crippen LogP contribution in [0.1, 0.15) is 28.1 Å². The molecule has 0 amide bonds. The van der Waals surface area contributed by atoms with Crippen molar-refractivity contribution in [1.29, 1.82) is 0 Å². The average Bonchev–Trinajstić information content (AvgIpc) is 3.32. The second-order valence-electron chi connectivity index (χ2n) is 7.61. The van der Waals surface area contributed by atoms with Crippen molar-refractivity contribution in [2.45, 2.75) is 12.0 Å². The van der Waals surface area contributed by atoms with Crippen LogP contribution in [0, 0.1) is 0 Å². The van der Waals surface area contributed by atoms with E-state index in [9.17, 15) is 5.11 Å². The molecule has 5 heteroatoms. The maximum atomic E-state index is 10.2. The molecular weight excluding hydrogens is 396 g/mol. The van der Waals surface area contributed by atoms with E-state index in [-0.39, 0.29) is 5.75 Å². The summed E-state index contributed by atoms with van der Waals surface area (Å²) in [5.41, 5.74) is 3.06. The molecule has 5 aromatic rings. The summed E-state index contributed by atoms with van der Waals surface area (Å²) >= 11 is 0. The zero-order valence-electron chi connectivity index (χ0n) is 17.4. The lowest BCUT2D eigenvalue weighted by atomic mass is 9.77. The number of tetrazole rings is 1. The lowest BCUT2D eigenvalue weighted by molar-refractivity contribution is 0.394. The number of para-hydroxylation sites is 1. The first-order valence-corrected chi connectivity index (χ1v) is 10.5. The van der Waals surface area contributed by atoms with Crippen LogP contribution in [0.4, 0.5) is 0 Å². The molecule has 0 radical (unpaired) electrons. The third kappa shape index (κ3) is 3.44. The normalized spacial score (nSPS) is 11.4. The predicted octanol–water partition coefficient (Wildman–Crippen LogP) is 4.81. The molecule has 1 aromatic heterocycles. The molecule has 0 spiro atoms. The topological polar surface area (TPSA) is 63.8 Å². The van der Waals surface area contributed by atoms with Gasteiger partial charge in [-0.3, -0.25) is 0 Å². The Kier molecular flexibility index (Phi) is 5.22. The Labute approximate surface area is 186 Å². The zero-order chi connectivity index (χ0) is 21.8. The highest BCUT2D eigenvalue weighted by molar-refractivity contribution is 5.49. The molecule has 0 aliphatic carbocycles. The number of aromatic hydroxyl groups is 1. The molecule has 0 saturated heterocycles. The Morgan fingerprint density at radius 1 is 0.625 bits per heavy atom. The van der Waals surface area contributed by atoms with E-state index in [4.69, 9.17) is 5.10 Å². The lowest BCUT2D eigenvalue weighted by Gasteiger charge is -2.34. The van der Waals surface area contributed by atoms with E-state index in [1.807, 2.05) is 66.7 Å². The second-order valence-corrected chi connectivity index (χ2v) is 7.61. The van der Waals surface area contributed by atoms with E-state index >= 15 is 0 Å². The quantitative estimate of drug-likeness (QED) is 0.402. The Morgan fingerprint density at radius 3 is 1.59 bits per heavy atom. The van der Waals surface area contributed by atoms with Crippen molar-refractivity contribution in [3.05, 3.63) is 143 Å². The van der Waals surface area contributed by atoms with Crippen molar-refractivity contribution in [2.24, 2.45) is 0 Å². The third-order valence-electron chi connectivity index (χ3n) is 5.67. The maximum absolute atomic E-state index is 10.2. The highest BCUT2D eigenvalue weighted by Gasteiger charge is 2.41. The standard InChI is InChI=1S/C27H22N4O/c32-25-19-11-10-12-21(25)20-26-28-30-31(29-26)27(22-13-4-1-5-14-22,23-15-6-2-7-16-23)24-17-8-3-9-18-24/h1-19,32H,20H2. The molecule has 32 heavy (non-hydrogen) atoms. The fourth-order valence-corrected chi connectivity index (χ4v) is 4.17. The highest BCUT2D eigenvalue weighted by Crippen LogP contribution is 2.39. The van der Waals surface area contributed by atoms with Crippen LogP contribution in [-0.4, -0.2) is 25.3 Å². The Hall–Kier alpha value is -4.25. The van der Waals surface area contributed by atoms with Crippen LogP contribution in [0.5, 0.6) is 5.75 Å². The number of phenols is 1. The van der Waals surface area contributed by atoms with Crippen molar-refractivity contribution in [1.82, 2.24) is 20.2 Å². The Morgan fingerprint density at radius 2 is 1.09 bits per heavy atom. The van der Waals surface area contributed by atoms with Crippen LogP contribution in [0.2, 0.25) is 0 Å². The first-order valence-electron chi connectivity index (χ1n) is 10.5. The summed E-state index contributed by atoms with van der Waals surface area (Å²) in [6.45, 7) is 0. The van der Waals surface area contributed by atoms with Gasteiger partial charge in [0.15, 0.2) is 11.4 Å². The summed E-state index contributed by atoms with van der Waals surface area (Å²) < 4.78 is 0.